The highest BCUT2D eigenvalue weighted by molar-refractivity contribution is 7.80. The highest BCUT2D eigenvalue weighted by Gasteiger charge is 2.41. The third-order valence-corrected chi connectivity index (χ3v) is 6.21. The lowest BCUT2D eigenvalue weighted by Gasteiger charge is -2.30. The van der Waals surface area contributed by atoms with E-state index in [9.17, 15) is 0 Å². The normalized spacial score (nSPS) is 18.7. The van der Waals surface area contributed by atoms with Gasteiger partial charge in [0.25, 0.3) is 0 Å². The lowest BCUT2D eigenvalue weighted by atomic mass is 10.00. The highest BCUT2D eigenvalue weighted by Crippen LogP contribution is 2.40. The molecule has 0 radical (unpaired) electrons. The van der Waals surface area contributed by atoms with E-state index in [0.29, 0.717) is 5.92 Å². The molecule has 31 heavy (non-hydrogen) atoms. The Hall–Kier alpha value is -3.18. The first-order valence-electron chi connectivity index (χ1n) is 10.8. The monoisotopic (exact) mass is 426 g/mol. The van der Waals surface area contributed by atoms with Gasteiger partial charge in [-0.15, -0.1) is 0 Å². The molecule has 1 saturated heterocycles. The molecule has 2 atom stereocenters. The maximum atomic E-state index is 5.79. The Morgan fingerprint density at radius 2 is 1.77 bits per heavy atom. The van der Waals surface area contributed by atoms with E-state index in [2.05, 4.69) is 100 Å². The van der Waals surface area contributed by atoms with Crippen LogP contribution in [0.5, 0.6) is 0 Å². The molecule has 4 aromatic rings. The molecule has 5 heteroatoms. The molecule has 4 nitrogen and oxygen atoms in total. The fraction of sp³-hybridized carbons (Fsp3) is 0.231. The average Bonchev–Trinajstić information content (AvgIpc) is 3.38. The Morgan fingerprint density at radius 3 is 2.55 bits per heavy atom. The van der Waals surface area contributed by atoms with Crippen LogP contribution < -0.4 is 5.32 Å². The van der Waals surface area contributed by atoms with Gasteiger partial charge in [0.05, 0.1) is 17.8 Å². The number of nitrogens with one attached hydrogen (secondary N) is 1. The highest BCUT2D eigenvalue weighted by atomic mass is 32.1. The van der Waals surface area contributed by atoms with E-state index in [1.807, 2.05) is 18.3 Å². The van der Waals surface area contributed by atoms with Gasteiger partial charge in [0, 0.05) is 30.3 Å². The van der Waals surface area contributed by atoms with Gasteiger partial charge in [-0.2, -0.15) is 0 Å². The zero-order valence-electron chi connectivity index (χ0n) is 17.8. The summed E-state index contributed by atoms with van der Waals surface area (Å²) in [6.45, 7) is 5.36. The molecule has 0 saturated carbocycles. The van der Waals surface area contributed by atoms with Crippen molar-refractivity contribution in [2.75, 3.05) is 6.54 Å². The van der Waals surface area contributed by atoms with Crippen molar-refractivity contribution in [3.63, 3.8) is 0 Å². The zero-order chi connectivity index (χ0) is 21.4. The molecule has 1 aliphatic rings. The number of fused-ring (bicyclic) bond motifs is 1. The van der Waals surface area contributed by atoms with Crippen LogP contribution in [0.15, 0.2) is 85.2 Å². The molecular weight excluding hydrogens is 400 g/mol. The van der Waals surface area contributed by atoms with E-state index in [1.165, 1.54) is 16.5 Å². The van der Waals surface area contributed by atoms with E-state index < -0.39 is 0 Å². The molecule has 0 spiro atoms. The van der Waals surface area contributed by atoms with Crippen LogP contribution in [-0.4, -0.2) is 26.1 Å². The summed E-state index contributed by atoms with van der Waals surface area (Å²) >= 11 is 5.79. The van der Waals surface area contributed by atoms with E-state index >= 15 is 0 Å². The summed E-state index contributed by atoms with van der Waals surface area (Å²) in [5.74, 6) is 0.494. The summed E-state index contributed by atoms with van der Waals surface area (Å²) in [4.78, 5) is 6.98. The van der Waals surface area contributed by atoms with Crippen LogP contribution in [0.25, 0.3) is 16.5 Å². The van der Waals surface area contributed by atoms with Crippen LogP contribution in [0, 0.1) is 5.92 Å². The van der Waals surface area contributed by atoms with Crippen molar-refractivity contribution in [3.05, 3.63) is 96.6 Å². The molecule has 0 bridgehead atoms. The molecule has 2 aromatic carbocycles. The fourth-order valence-corrected chi connectivity index (χ4v) is 4.83. The van der Waals surface area contributed by atoms with Crippen molar-refractivity contribution >= 4 is 28.1 Å². The quantitative estimate of drug-likeness (QED) is 0.418. The molecule has 1 fully saturated rings. The van der Waals surface area contributed by atoms with E-state index in [-0.39, 0.29) is 12.1 Å². The topological polar surface area (TPSA) is 33.1 Å². The number of nitrogens with zero attached hydrogens (tertiary/aromatic N) is 3. The molecule has 1 aliphatic heterocycles. The van der Waals surface area contributed by atoms with Crippen LogP contribution >= 0.6 is 12.2 Å². The van der Waals surface area contributed by atoms with E-state index in [1.54, 1.807) is 0 Å². The lowest BCUT2D eigenvalue weighted by Crippen LogP contribution is -2.33. The number of rotatable bonds is 5. The first-order valence-corrected chi connectivity index (χ1v) is 11.2. The maximum absolute atomic E-state index is 5.79. The average molecular weight is 427 g/mol. The molecule has 0 aliphatic carbocycles. The Labute approximate surface area is 188 Å². The standard InChI is InChI=1S/C26H26N4S/c1-18(2)17-30-25(24(28-26(30)31)22-10-5-6-14-27-22)23-11-7-15-29(23)21-13-12-19-8-3-4-9-20(19)16-21/h3-16,18,24-25H,17H2,1-2H3,(H,28,31)/t24-,25-/m1/s1. The Balaban J connectivity index is 1.62. The Morgan fingerprint density at radius 1 is 0.968 bits per heavy atom. The molecular formula is C26H26N4S. The minimum absolute atomic E-state index is 0.00144. The summed E-state index contributed by atoms with van der Waals surface area (Å²) in [6, 6.07) is 25.6. The van der Waals surface area contributed by atoms with Crippen molar-refractivity contribution in [3.8, 4) is 5.69 Å². The molecule has 0 unspecified atom stereocenters. The lowest BCUT2D eigenvalue weighted by molar-refractivity contribution is 0.280. The summed E-state index contributed by atoms with van der Waals surface area (Å²) in [6.07, 6.45) is 3.99. The Bertz CT molecular complexity index is 1210. The number of benzene rings is 2. The van der Waals surface area contributed by atoms with Crippen molar-refractivity contribution in [1.29, 1.82) is 0 Å². The van der Waals surface area contributed by atoms with Crippen LogP contribution in [0.1, 0.15) is 37.3 Å². The SMILES string of the molecule is CC(C)CN1C(=S)N[C@H](c2ccccn2)[C@H]1c1cccn1-c1ccc2ccccc2c1. The van der Waals surface area contributed by atoms with Gasteiger partial charge in [0.15, 0.2) is 5.11 Å². The van der Waals surface area contributed by atoms with Crippen LogP contribution in [0.2, 0.25) is 0 Å². The summed E-state index contributed by atoms with van der Waals surface area (Å²) in [5.41, 5.74) is 3.37. The second-order valence-electron chi connectivity index (χ2n) is 8.51. The third kappa shape index (κ3) is 3.70. The van der Waals surface area contributed by atoms with Crippen LogP contribution in [-0.2, 0) is 0 Å². The van der Waals surface area contributed by atoms with Crippen molar-refractivity contribution < 1.29 is 0 Å². The van der Waals surface area contributed by atoms with Gasteiger partial charge in [0.1, 0.15) is 0 Å². The Kier molecular flexibility index (Phi) is 5.20. The second-order valence-corrected chi connectivity index (χ2v) is 8.89. The minimum atomic E-state index is 0.00144. The van der Waals surface area contributed by atoms with Gasteiger partial charge in [-0.3, -0.25) is 4.98 Å². The maximum Gasteiger partial charge on any atom is 0.170 e. The fourth-order valence-electron chi connectivity index (χ4n) is 4.51. The molecule has 0 amide bonds. The van der Waals surface area contributed by atoms with E-state index in [0.717, 1.165) is 23.0 Å². The van der Waals surface area contributed by atoms with Gasteiger partial charge in [-0.05, 0) is 65.3 Å². The molecule has 3 heterocycles. The number of pyridine rings is 1. The summed E-state index contributed by atoms with van der Waals surface area (Å²) in [5, 5.41) is 6.83. The van der Waals surface area contributed by atoms with Gasteiger partial charge in [-0.25, -0.2) is 0 Å². The smallest absolute Gasteiger partial charge is 0.170 e. The number of hydrogen-bond donors (Lipinski definition) is 1. The number of hydrogen-bond acceptors (Lipinski definition) is 2. The molecule has 5 rings (SSSR count). The molecule has 1 N–H and O–H groups in total. The van der Waals surface area contributed by atoms with Gasteiger partial charge in [-0.1, -0.05) is 50.2 Å². The van der Waals surface area contributed by atoms with Crippen molar-refractivity contribution in [1.82, 2.24) is 19.8 Å². The number of thiocarbonyl (C=S) groups is 1. The largest absolute Gasteiger partial charge is 0.352 e. The van der Waals surface area contributed by atoms with Crippen LogP contribution in [0.3, 0.4) is 0 Å². The van der Waals surface area contributed by atoms with Gasteiger partial charge in [0.2, 0.25) is 0 Å². The van der Waals surface area contributed by atoms with Crippen molar-refractivity contribution in [2.45, 2.75) is 25.9 Å². The van der Waals surface area contributed by atoms with Crippen LogP contribution in [0.4, 0.5) is 0 Å². The predicted molar refractivity (Wildman–Crippen MR) is 130 cm³/mol. The first kappa shape index (κ1) is 19.8. The summed E-state index contributed by atoms with van der Waals surface area (Å²) in [7, 11) is 0. The third-order valence-electron chi connectivity index (χ3n) is 5.85. The zero-order valence-corrected chi connectivity index (χ0v) is 18.6. The molecule has 2 aromatic heterocycles. The minimum Gasteiger partial charge on any atom is -0.352 e. The summed E-state index contributed by atoms with van der Waals surface area (Å²) < 4.78 is 2.29. The second kappa shape index (κ2) is 8.16. The van der Waals surface area contributed by atoms with E-state index in [4.69, 9.17) is 12.2 Å². The molecule has 156 valence electrons. The first-order chi connectivity index (χ1) is 15.1. The number of aromatic nitrogens is 2. The van der Waals surface area contributed by atoms with Gasteiger partial charge >= 0.3 is 0 Å². The van der Waals surface area contributed by atoms with Crippen molar-refractivity contribution in [2.24, 2.45) is 5.92 Å². The predicted octanol–water partition coefficient (Wildman–Crippen LogP) is 5.65. The van der Waals surface area contributed by atoms with Gasteiger partial charge < -0.3 is 14.8 Å².